The monoisotopic (exact) mass is 348 g/mol. The Kier molecular flexibility index (Phi) is 6.06. The van der Waals surface area contributed by atoms with Gasteiger partial charge in [0.05, 0.1) is 19.3 Å². The summed E-state index contributed by atoms with van der Waals surface area (Å²) >= 11 is 0. The summed E-state index contributed by atoms with van der Waals surface area (Å²) in [5.41, 5.74) is 3.02. The third-order valence-corrected chi connectivity index (χ3v) is 4.55. The number of β-amino-alcohol motifs (C(OH)–C–C–N with tert-alkyl or cyclic N) is 1. The van der Waals surface area contributed by atoms with Crippen LogP contribution >= 0.6 is 0 Å². The number of aliphatic hydroxyl groups excluding tert-OH is 1. The largest absolute Gasteiger partial charge is 0.449 e. The van der Waals surface area contributed by atoms with Crippen molar-refractivity contribution in [2.75, 3.05) is 25.1 Å². The molecule has 25 heavy (non-hydrogen) atoms. The lowest BCUT2D eigenvalue weighted by molar-refractivity contribution is -0.122. The molecule has 0 saturated carbocycles. The molecule has 0 spiro atoms. The highest BCUT2D eigenvalue weighted by atomic mass is 16.6. The van der Waals surface area contributed by atoms with Crippen molar-refractivity contribution in [3.05, 3.63) is 29.3 Å². The summed E-state index contributed by atoms with van der Waals surface area (Å²) < 4.78 is 5.24. The molecule has 1 aromatic rings. The van der Waals surface area contributed by atoms with Gasteiger partial charge in [-0.15, -0.1) is 0 Å². The van der Waals surface area contributed by atoms with Crippen molar-refractivity contribution in [3.63, 3.8) is 0 Å². The Hall–Kier alpha value is -2.08. The van der Waals surface area contributed by atoms with Gasteiger partial charge in [0.2, 0.25) is 5.91 Å². The highest BCUT2D eigenvalue weighted by Crippen LogP contribution is 2.24. The van der Waals surface area contributed by atoms with Gasteiger partial charge in [-0.3, -0.25) is 9.69 Å². The van der Waals surface area contributed by atoms with Gasteiger partial charge in [0, 0.05) is 19.2 Å². The summed E-state index contributed by atoms with van der Waals surface area (Å²) in [6.07, 6.45) is -1.03. The molecule has 2 atom stereocenters. The number of amides is 2. The zero-order valence-corrected chi connectivity index (χ0v) is 15.7. The van der Waals surface area contributed by atoms with Gasteiger partial charge in [0.15, 0.2) is 0 Å². The molecule has 1 aliphatic rings. The second kappa shape index (κ2) is 7.87. The van der Waals surface area contributed by atoms with Crippen LogP contribution in [0.5, 0.6) is 0 Å². The van der Waals surface area contributed by atoms with Gasteiger partial charge in [-0.1, -0.05) is 19.9 Å². The summed E-state index contributed by atoms with van der Waals surface area (Å²) in [5.74, 6) is -0.00913. The molecule has 0 radical (unpaired) electrons. The van der Waals surface area contributed by atoms with E-state index in [2.05, 4.69) is 0 Å². The van der Waals surface area contributed by atoms with E-state index < -0.39 is 18.2 Å². The third-order valence-electron chi connectivity index (χ3n) is 4.55. The minimum absolute atomic E-state index is 0.119. The van der Waals surface area contributed by atoms with Gasteiger partial charge < -0.3 is 14.7 Å². The molecule has 1 aromatic carbocycles. The number of benzene rings is 1. The summed E-state index contributed by atoms with van der Waals surface area (Å²) in [7, 11) is 1.69. The van der Waals surface area contributed by atoms with Crippen LogP contribution in [0, 0.1) is 19.8 Å². The molecule has 2 amide bonds. The first-order chi connectivity index (χ1) is 11.7. The normalized spacial score (nSPS) is 20.0. The van der Waals surface area contributed by atoms with Crippen molar-refractivity contribution in [3.8, 4) is 0 Å². The molecule has 138 valence electrons. The number of hydrogen-bond acceptors (Lipinski definition) is 4. The Bertz CT molecular complexity index is 644. The van der Waals surface area contributed by atoms with E-state index in [1.165, 1.54) is 9.80 Å². The molecule has 2 unspecified atom stereocenters. The highest BCUT2D eigenvalue weighted by molar-refractivity contribution is 5.98. The van der Waals surface area contributed by atoms with Crippen LogP contribution in [0.2, 0.25) is 0 Å². The lowest BCUT2D eigenvalue weighted by atomic mass is 10.1. The lowest BCUT2D eigenvalue weighted by Gasteiger charge is -2.27. The molecular formula is C19H28N2O4. The average molecular weight is 348 g/mol. The Morgan fingerprint density at radius 3 is 2.60 bits per heavy atom. The third kappa shape index (κ3) is 4.51. The molecule has 6 heteroatoms. The van der Waals surface area contributed by atoms with E-state index in [1.54, 1.807) is 7.05 Å². The second-order valence-corrected chi connectivity index (χ2v) is 7.19. The van der Waals surface area contributed by atoms with Crippen molar-refractivity contribution in [1.29, 1.82) is 0 Å². The molecule has 0 bridgehead atoms. The van der Waals surface area contributed by atoms with E-state index in [-0.39, 0.29) is 24.8 Å². The maximum Gasteiger partial charge on any atom is 0.410 e. The van der Waals surface area contributed by atoms with Crippen LogP contribution in [0.15, 0.2) is 18.2 Å². The van der Waals surface area contributed by atoms with E-state index in [0.29, 0.717) is 6.61 Å². The maximum absolute atomic E-state index is 12.9. The maximum atomic E-state index is 12.9. The molecule has 1 aliphatic heterocycles. The minimum atomic E-state index is -0.714. The van der Waals surface area contributed by atoms with Crippen molar-refractivity contribution in [2.45, 2.75) is 46.3 Å². The van der Waals surface area contributed by atoms with E-state index in [9.17, 15) is 14.7 Å². The first kappa shape index (κ1) is 19.2. The van der Waals surface area contributed by atoms with Crippen LogP contribution in [-0.4, -0.2) is 54.4 Å². The summed E-state index contributed by atoms with van der Waals surface area (Å²) in [6, 6.07) is 5.08. The first-order valence-electron chi connectivity index (χ1n) is 8.67. The first-order valence-corrected chi connectivity index (χ1v) is 8.67. The van der Waals surface area contributed by atoms with Gasteiger partial charge in [-0.05, 0) is 43.0 Å². The number of aliphatic hydroxyl groups is 1. The summed E-state index contributed by atoms with van der Waals surface area (Å²) in [5, 5.41) is 9.96. The number of carbonyl (C=O) groups excluding carboxylic acids is 2. The minimum Gasteiger partial charge on any atom is -0.449 e. The number of carbonyl (C=O) groups is 2. The summed E-state index contributed by atoms with van der Waals surface area (Å²) in [6.45, 7) is 8.31. The number of ether oxygens (including phenoxy) is 1. The number of anilines is 1. The van der Waals surface area contributed by atoms with Gasteiger partial charge in [0.1, 0.15) is 6.04 Å². The number of aryl methyl sites for hydroxylation is 2. The Morgan fingerprint density at radius 1 is 1.32 bits per heavy atom. The fourth-order valence-corrected chi connectivity index (χ4v) is 2.86. The zero-order chi connectivity index (χ0) is 18.7. The molecule has 1 saturated heterocycles. The van der Waals surface area contributed by atoms with E-state index in [1.807, 2.05) is 45.9 Å². The Morgan fingerprint density at radius 2 is 2.00 bits per heavy atom. The van der Waals surface area contributed by atoms with Crippen molar-refractivity contribution < 1.29 is 19.4 Å². The molecule has 0 aromatic heterocycles. The van der Waals surface area contributed by atoms with Crippen molar-refractivity contribution in [2.24, 2.45) is 5.92 Å². The summed E-state index contributed by atoms with van der Waals surface area (Å²) in [4.78, 5) is 28.1. The second-order valence-electron chi connectivity index (χ2n) is 7.19. The molecular weight excluding hydrogens is 320 g/mol. The van der Waals surface area contributed by atoms with Crippen molar-refractivity contribution in [1.82, 2.24) is 4.90 Å². The zero-order valence-electron chi connectivity index (χ0n) is 15.7. The van der Waals surface area contributed by atoms with Crippen LogP contribution in [-0.2, 0) is 9.53 Å². The Balaban J connectivity index is 2.14. The quantitative estimate of drug-likeness (QED) is 0.908. The predicted octanol–water partition coefficient (Wildman–Crippen LogP) is 2.49. The number of rotatable bonds is 4. The molecule has 1 fully saturated rings. The fraction of sp³-hybridized carbons (Fsp3) is 0.579. The molecule has 0 aliphatic carbocycles. The van der Waals surface area contributed by atoms with Gasteiger partial charge >= 0.3 is 6.09 Å². The fourth-order valence-electron chi connectivity index (χ4n) is 2.86. The van der Waals surface area contributed by atoms with Crippen LogP contribution in [0.1, 0.15) is 31.4 Å². The van der Waals surface area contributed by atoms with Gasteiger partial charge in [-0.25, -0.2) is 4.79 Å². The molecule has 1 N–H and O–H groups in total. The predicted molar refractivity (Wildman–Crippen MR) is 96.6 cm³/mol. The SMILES string of the molecule is Cc1ccc(N(C)C(=O)C2CC(O)CN2C(=O)OCC(C)C)cc1C. The molecule has 2 rings (SSSR count). The van der Waals surface area contributed by atoms with Crippen LogP contribution in [0.4, 0.5) is 10.5 Å². The molecule has 1 heterocycles. The van der Waals surface area contributed by atoms with Crippen LogP contribution in [0.25, 0.3) is 0 Å². The smallest absolute Gasteiger partial charge is 0.410 e. The van der Waals surface area contributed by atoms with Crippen LogP contribution < -0.4 is 4.90 Å². The van der Waals surface area contributed by atoms with Crippen LogP contribution in [0.3, 0.4) is 0 Å². The van der Waals surface area contributed by atoms with Gasteiger partial charge in [-0.2, -0.15) is 0 Å². The van der Waals surface area contributed by atoms with Gasteiger partial charge in [0.25, 0.3) is 0 Å². The van der Waals surface area contributed by atoms with E-state index in [0.717, 1.165) is 16.8 Å². The molecule has 6 nitrogen and oxygen atoms in total. The van der Waals surface area contributed by atoms with E-state index >= 15 is 0 Å². The number of nitrogens with zero attached hydrogens (tertiary/aromatic N) is 2. The topological polar surface area (TPSA) is 70.1 Å². The average Bonchev–Trinajstić information content (AvgIpc) is 2.95. The number of hydrogen-bond donors (Lipinski definition) is 1. The highest BCUT2D eigenvalue weighted by Gasteiger charge is 2.41. The standard InChI is InChI=1S/C19H28N2O4/c1-12(2)11-25-19(24)21-10-16(22)9-17(21)18(23)20(5)15-7-6-13(3)14(4)8-15/h6-8,12,16-17,22H,9-11H2,1-5H3. The number of likely N-dealkylation sites (tertiary alicyclic amines) is 1. The van der Waals surface area contributed by atoms with Crippen molar-refractivity contribution >= 4 is 17.7 Å². The lowest BCUT2D eigenvalue weighted by Crippen LogP contribution is -2.47. The van der Waals surface area contributed by atoms with E-state index in [4.69, 9.17) is 4.74 Å². The number of likely N-dealkylation sites (N-methyl/N-ethyl adjacent to an activating group) is 1. The Labute approximate surface area is 149 Å².